The van der Waals surface area contributed by atoms with Crippen LogP contribution in [-0.4, -0.2) is 27.9 Å². The van der Waals surface area contributed by atoms with Crippen LogP contribution in [0.2, 0.25) is 0 Å². The van der Waals surface area contributed by atoms with Crippen LogP contribution in [0.4, 0.5) is 0 Å². The molecule has 0 bridgehead atoms. The van der Waals surface area contributed by atoms with Gasteiger partial charge in [-0.3, -0.25) is 0 Å². The first kappa shape index (κ1) is 16.3. The van der Waals surface area contributed by atoms with Crippen LogP contribution < -0.4 is 5.46 Å². The fourth-order valence-electron chi connectivity index (χ4n) is 2.76. The van der Waals surface area contributed by atoms with E-state index in [0.29, 0.717) is 0 Å². The molecule has 0 saturated carbocycles. The fourth-order valence-corrected chi connectivity index (χ4v) is 2.76. The van der Waals surface area contributed by atoms with Crippen LogP contribution in [-0.2, 0) is 15.9 Å². The van der Waals surface area contributed by atoms with Crippen LogP contribution >= 0.6 is 0 Å². The molecule has 4 nitrogen and oxygen atoms in total. The molecule has 0 spiro atoms. The Bertz CT molecular complexity index is 688. The van der Waals surface area contributed by atoms with Crippen molar-refractivity contribution in [2.45, 2.75) is 59.3 Å². The molecule has 0 unspecified atom stereocenters. The average molecular weight is 312 g/mol. The molecular formula is C18H25BN2O2. The first-order chi connectivity index (χ1) is 10.7. The van der Waals surface area contributed by atoms with E-state index in [1.807, 2.05) is 6.92 Å². The van der Waals surface area contributed by atoms with Crippen molar-refractivity contribution in [2.75, 3.05) is 0 Å². The molecule has 0 N–H and O–H groups in total. The number of aromatic nitrogens is 2. The molecule has 1 fully saturated rings. The number of aryl methyl sites for hydroxylation is 2. The average Bonchev–Trinajstić information content (AvgIpc) is 2.96. The van der Waals surface area contributed by atoms with Crippen LogP contribution in [0.25, 0.3) is 11.3 Å². The number of nitrogens with zero attached hydrogens (tertiary/aromatic N) is 2. The summed E-state index contributed by atoms with van der Waals surface area (Å²) < 4.78 is 14.3. The lowest BCUT2D eigenvalue weighted by Crippen LogP contribution is -2.41. The van der Waals surface area contributed by atoms with E-state index in [1.165, 1.54) is 0 Å². The number of rotatable bonds is 3. The Morgan fingerprint density at radius 2 is 1.61 bits per heavy atom. The molecule has 122 valence electrons. The summed E-state index contributed by atoms with van der Waals surface area (Å²) in [5, 5.41) is 0. The van der Waals surface area contributed by atoms with E-state index in [2.05, 4.69) is 74.6 Å². The minimum atomic E-state index is -0.316. The van der Waals surface area contributed by atoms with E-state index in [0.717, 1.165) is 29.1 Å². The van der Waals surface area contributed by atoms with Crippen molar-refractivity contribution >= 4 is 12.6 Å². The quantitative estimate of drug-likeness (QED) is 0.817. The number of benzene rings is 1. The highest BCUT2D eigenvalue weighted by Gasteiger charge is 2.51. The number of imidazole rings is 1. The zero-order valence-electron chi connectivity index (χ0n) is 14.9. The Balaban J connectivity index is 1.83. The standard InChI is InChI=1S/C18H25BN2O2/c1-7-21-12-16(20-13(21)2)14-8-10-15(11-9-14)19-22-17(3,4)18(5,6)23-19/h8-12H,7H2,1-6H3. The Kier molecular flexibility index (Phi) is 3.89. The van der Waals surface area contributed by atoms with Gasteiger partial charge in [0.1, 0.15) is 5.82 Å². The van der Waals surface area contributed by atoms with Gasteiger partial charge in [-0.15, -0.1) is 0 Å². The maximum absolute atomic E-state index is 6.09. The Hall–Kier alpha value is -1.59. The summed E-state index contributed by atoms with van der Waals surface area (Å²) in [5.41, 5.74) is 2.53. The highest BCUT2D eigenvalue weighted by Crippen LogP contribution is 2.36. The monoisotopic (exact) mass is 312 g/mol. The molecule has 23 heavy (non-hydrogen) atoms. The van der Waals surface area contributed by atoms with Crippen molar-refractivity contribution in [1.82, 2.24) is 9.55 Å². The Morgan fingerprint density at radius 1 is 1.04 bits per heavy atom. The van der Waals surface area contributed by atoms with E-state index in [1.54, 1.807) is 0 Å². The van der Waals surface area contributed by atoms with E-state index in [-0.39, 0.29) is 18.3 Å². The smallest absolute Gasteiger partial charge is 0.399 e. The summed E-state index contributed by atoms with van der Waals surface area (Å²) in [6.07, 6.45) is 2.10. The van der Waals surface area contributed by atoms with E-state index in [9.17, 15) is 0 Å². The third-order valence-corrected chi connectivity index (χ3v) is 5.05. The van der Waals surface area contributed by atoms with Gasteiger partial charge in [0.15, 0.2) is 0 Å². The zero-order chi connectivity index (χ0) is 16.8. The Labute approximate surface area is 139 Å². The summed E-state index contributed by atoms with van der Waals surface area (Å²) in [6, 6.07) is 8.31. The molecule has 1 aliphatic rings. The minimum absolute atomic E-state index is 0.312. The SMILES string of the molecule is CCn1cc(-c2ccc(B3OC(C)(C)C(C)(C)O3)cc2)nc1C. The van der Waals surface area contributed by atoms with Crippen molar-refractivity contribution in [3.63, 3.8) is 0 Å². The molecule has 2 aromatic rings. The van der Waals surface area contributed by atoms with Crippen molar-refractivity contribution in [3.8, 4) is 11.3 Å². The molecular weight excluding hydrogens is 287 g/mol. The van der Waals surface area contributed by atoms with Gasteiger partial charge in [-0.2, -0.15) is 0 Å². The lowest BCUT2D eigenvalue weighted by atomic mass is 9.79. The molecule has 1 aromatic heterocycles. The second-order valence-electron chi connectivity index (χ2n) is 7.17. The minimum Gasteiger partial charge on any atom is -0.399 e. The number of hydrogen-bond acceptors (Lipinski definition) is 3. The summed E-state index contributed by atoms with van der Waals surface area (Å²) in [6.45, 7) is 13.4. The summed E-state index contributed by atoms with van der Waals surface area (Å²) in [4.78, 5) is 4.63. The van der Waals surface area contributed by atoms with E-state index < -0.39 is 0 Å². The lowest BCUT2D eigenvalue weighted by Gasteiger charge is -2.32. The van der Waals surface area contributed by atoms with Crippen LogP contribution in [0.5, 0.6) is 0 Å². The summed E-state index contributed by atoms with van der Waals surface area (Å²) in [7, 11) is -0.316. The summed E-state index contributed by atoms with van der Waals surface area (Å²) >= 11 is 0. The molecule has 0 amide bonds. The fraction of sp³-hybridized carbons (Fsp3) is 0.500. The van der Waals surface area contributed by atoms with E-state index >= 15 is 0 Å². The Morgan fingerprint density at radius 3 is 2.09 bits per heavy atom. The maximum Gasteiger partial charge on any atom is 0.494 e. The number of hydrogen-bond donors (Lipinski definition) is 0. The van der Waals surface area contributed by atoms with Crippen molar-refractivity contribution in [2.24, 2.45) is 0 Å². The molecule has 5 heteroatoms. The molecule has 0 aliphatic carbocycles. The van der Waals surface area contributed by atoms with Gasteiger partial charge in [0, 0.05) is 18.3 Å². The van der Waals surface area contributed by atoms with Gasteiger partial charge >= 0.3 is 7.12 Å². The van der Waals surface area contributed by atoms with Crippen LogP contribution in [0, 0.1) is 6.92 Å². The largest absolute Gasteiger partial charge is 0.494 e. The zero-order valence-corrected chi connectivity index (χ0v) is 14.9. The first-order valence-corrected chi connectivity index (χ1v) is 8.23. The second-order valence-corrected chi connectivity index (χ2v) is 7.17. The summed E-state index contributed by atoms with van der Waals surface area (Å²) in [5.74, 6) is 1.04. The third kappa shape index (κ3) is 2.84. The van der Waals surface area contributed by atoms with Gasteiger partial charge < -0.3 is 13.9 Å². The van der Waals surface area contributed by atoms with Gasteiger partial charge in [-0.05, 0) is 47.0 Å². The topological polar surface area (TPSA) is 36.3 Å². The van der Waals surface area contributed by atoms with Crippen molar-refractivity contribution in [1.29, 1.82) is 0 Å². The highest BCUT2D eigenvalue weighted by atomic mass is 16.7. The second kappa shape index (κ2) is 5.50. The van der Waals surface area contributed by atoms with Gasteiger partial charge in [0.25, 0.3) is 0 Å². The molecule has 1 aliphatic heterocycles. The predicted molar refractivity (Wildman–Crippen MR) is 93.8 cm³/mol. The molecule has 1 aromatic carbocycles. The van der Waals surface area contributed by atoms with Crippen molar-refractivity contribution in [3.05, 3.63) is 36.3 Å². The molecule has 2 heterocycles. The van der Waals surface area contributed by atoms with Crippen LogP contribution in [0.3, 0.4) is 0 Å². The van der Waals surface area contributed by atoms with Gasteiger partial charge in [-0.25, -0.2) is 4.98 Å². The van der Waals surface area contributed by atoms with Gasteiger partial charge in [0.05, 0.1) is 16.9 Å². The molecule has 0 atom stereocenters. The molecule has 3 rings (SSSR count). The van der Waals surface area contributed by atoms with E-state index in [4.69, 9.17) is 9.31 Å². The van der Waals surface area contributed by atoms with Crippen molar-refractivity contribution < 1.29 is 9.31 Å². The first-order valence-electron chi connectivity index (χ1n) is 8.23. The normalized spacial score (nSPS) is 19.3. The maximum atomic E-state index is 6.09. The molecule has 0 radical (unpaired) electrons. The van der Waals surface area contributed by atoms with Crippen LogP contribution in [0.15, 0.2) is 30.5 Å². The predicted octanol–water partition coefficient (Wildman–Crippen LogP) is 3.18. The highest BCUT2D eigenvalue weighted by molar-refractivity contribution is 6.62. The lowest BCUT2D eigenvalue weighted by molar-refractivity contribution is 0.00578. The molecule has 1 saturated heterocycles. The van der Waals surface area contributed by atoms with Gasteiger partial charge in [0.2, 0.25) is 0 Å². The van der Waals surface area contributed by atoms with Gasteiger partial charge in [-0.1, -0.05) is 24.3 Å². The third-order valence-electron chi connectivity index (χ3n) is 5.05. The van der Waals surface area contributed by atoms with Crippen LogP contribution in [0.1, 0.15) is 40.4 Å².